The number of rotatable bonds is 7. The lowest BCUT2D eigenvalue weighted by atomic mass is 9.92. The third-order valence-electron chi connectivity index (χ3n) is 5.58. The molecular formula is C25H28N2O3. The molecule has 1 aliphatic heterocycles. The molecule has 1 amide bonds. The van der Waals surface area contributed by atoms with Crippen LogP contribution in [0.5, 0.6) is 5.75 Å². The van der Waals surface area contributed by atoms with Gasteiger partial charge in [0.2, 0.25) is 0 Å². The first-order valence-electron chi connectivity index (χ1n) is 10.4. The Labute approximate surface area is 177 Å². The number of benzene rings is 2. The molecule has 2 heterocycles. The molecule has 1 N–H and O–H groups in total. The smallest absolute Gasteiger partial charge is 0.258 e. The average molecular weight is 405 g/mol. The average Bonchev–Trinajstić information content (AvgIpc) is 3.25. The van der Waals surface area contributed by atoms with Crippen LogP contribution in [0.3, 0.4) is 0 Å². The maximum Gasteiger partial charge on any atom is 0.258 e. The van der Waals surface area contributed by atoms with E-state index in [1.54, 1.807) is 6.26 Å². The fourth-order valence-corrected chi connectivity index (χ4v) is 3.86. The molecular weight excluding hydrogens is 376 g/mol. The van der Waals surface area contributed by atoms with Crippen molar-refractivity contribution in [3.05, 3.63) is 83.8 Å². The number of anilines is 1. The monoisotopic (exact) mass is 404 g/mol. The molecule has 5 nitrogen and oxygen atoms in total. The quantitative estimate of drug-likeness (QED) is 0.553. The number of carbonyl (C=O) groups excluding carboxylic acids is 1. The van der Waals surface area contributed by atoms with E-state index in [2.05, 4.69) is 19.2 Å². The molecule has 3 aromatic rings. The van der Waals surface area contributed by atoms with Gasteiger partial charge in [0.05, 0.1) is 25.0 Å². The summed E-state index contributed by atoms with van der Waals surface area (Å²) in [5, 5.41) is 3.61. The first-order chi connectivity index (χ1) is 14.5. The molecule has 0 bridgehead atoms. The summed E-state index contributed by atoms with van der Waals surface area (Å²) in [4.78, 5) is 15.4. The van der Waals surface area contributed by atoms with Crippen LogP contribution in [0.1, 0.15) is 48.9 Å². The lowest BCUT2D eigenvalue weighted by molar-refractivity contribution is 0.0480. The number of fused-ring (bicyclic) bond motifs is 1. The normalized spacial score (nSPS) is 18.3. The molecule has 0 spiro atoms. The van der Waals surface area contributed by atoms with E-state index in [0.717, 1.165) is 29.2 Å². The second-order valence-electron chi connectivity index (χ2n) is 8.24. The minimum atomic E-state index is -0.799. The summed E-state index contributed by atoms with van der Waals surface area (Å²) in [5.74, 6) is 2.03. The van der Waals surface area contributed by atoms with Crippen LogP contribution in [-0.4, -0.2) is 17.4 Å². The number of nitrogens with zero attached hydrogens (tertiary/aromatic N) is 1. The largest absolute Gasteiger partial charge is 0.493 e. The van der Waals surface area contributed by atoms with Crippen molar-refractivity contribution in [3.8, 4) is 5.75 Å². The molecule has 0 aliphatic carbocycles. The van der Waals surface area contributed by atoms with Gasteiger partial charge in [0.25, 0.3) is 5.91 Å². The van der Waals surface area contributed by atoms with Crippen LogP contribution in [0.4, 0.5) is 5.69 Å². The number of furan rings is 1. The Morgan fingerprint density at radius 2 is 1.83 bits per heavy atom. The Hall–Kier alpha value is -3.21. The van der Waals surface area contributed by atoms with Crippen LogP contribution in [-0.2, 0) is 12.2 Å². The van der Waals surface area contributed by atoms with E-state index in [-0.39, 0.29) is 5.91 Å². The number of amides is 1. The first-order valence-corrected chi connectivity index (χ1v) is 10.4. The van der Waals surface area contributed by atoms with Gasteiger partial charge in [-0.2, -0.15) is 0 Å². The molecule has 1 unspecified atom stereocenters. The van der Waals surface area contributed by atoms with Gasteiger partial charge in [0, 0.05) is 11.3 Å². The topological polar surface area (TPSA) is 54.7 Å². The number of hydrogen-bond acceptors (Lipinski definition) is 4. The zero-order chi connectivity index (χ0) is 21.1. The van der Waals surface area contributed by atoms with Crippen molar-refractivity contribution in [2.45, 2.75) is 39.4 Å². The van der Waals surface area contributed by atoms with Crippen LogP contribution in [0.2, 0.25) is 0 Å². The third-order valence-corrected chi connectivity index (χ3v) is 5.58. The van der Waals surface area contributed by atoms with Gasteiger partial charge in [-0.15, -0.1) is 0 Å². The van der Waals surface area contributed by atoms with E-state index in [1.807, 2.05) is 72.5 Å². The van der Waals surface area contributed by atoms with Gasteiger partial charge in [0.15, 0.2) is 0 Å². The van der Waals surface area contributed by atoms with E-state index < -0.39 is 5.66 Å². The Bertz CT molecular complexity index is 1010. The zero-order valence-electron chi connectivity index (χ0n) is 17.7. The second kappa shape index (κ2) is 8.27. The summed E-state index contributed by atoms with van der Waals surface area (Å²) in [7, 11) is 0. The molecule has 0 saturated heterocycles. The molecule has 0 radical (unpaired) electrons. The van der Waals surface area contributed by atoms with Gasteiger partial charge in [0.1, 0.15) is 17.2 Å². The van der Waals surface area contributed by atoms with E-state index in [4.69, 9.17) is 9.15 Å². The highest BCUT2D eigenvalue weighted by Gasteiger charge is 2.44. The zero-order valence-corrected chi connectivity index (χ0v) is 17.7. The Kier molecular flexibility index (Phi) is 5.53. The van der Waals surface area contributed by atoms with Crippen molar-refractivity contribution in [2.24, 2.45) is 5.92 Å². The fraction of sp³-hybridized carbons (Fsp3) is 0.320. The summed E-state index contributed by atoms with van der Waals surface area (Å²) in [6, 6.07) is 19.3. The maximum atomic E-state index is 13.6. The molecule has 1 aliphatic rings. The number of para-hydroxylation sites is 2. The molecule has 4 rings (SSSR count). The molecule has 1 aromatic heterocycles. The predicted octanol–water partition coefficient (Wildman–Crippen LogP) is 5.65. The standard InChI is InChI=1S/C25H28N2O3/c1-18(2)14-16-30-23-13-7-5-11-21(23)25(3)26-22-12-6-4-10-20(22)24(28)27(25)17-19-9-8-15-29-19/h4-13,15,18,26H,14,16-17H2,1-3H3. The fourth-order valence-electron chi connectivity index (χ4n) is 3.86. The highest BCUT2D eigenvalue weighted by molar-refractivity contribution is 6.02. The summed E-state index contributed by atoms with van der Waals surface area (Å²) in [6.45, 7) is 7.37. The molecule has 5 heteroatoms. The Balaban J connectivity index is 1.76. The van der Waals surface area contributed by atoms with Crippen molar-refractivity contribution in [2.75, 3.05) is 11.9 Å². The predicted molar refractivity (Wildman–Crippen MR) is 117 cm³/mol. The van der Waals surface area contributed by atoms with Gasteiger partial charge in [-0.3, -0.25) is 4.79 Å². The van der Waals surface area contributed by atoms with Crippen molar-refractivity contribution < 1.29 is 13.9 Å². The van der Waals surface area contributed by atoms with E-state index in [9.17, 15) is 4.79 Å². The highest BCUT2D eigenvalue weighted by atomic mass is 16.5. The molecule has 1 atom stereocenters. The van der Waals surface area contributed by atoms with E-state index in [0.29, 0.717) is 24.6 Å². The van der Waals surface area contributed by atoms with Gasteiger partial charge in [-0.25, -0.2) is 0 Å². The van der Waals surface area contributed by atoms with Crippen molar-refractivity contribution in [3.63, 3.8) is 0 Å². The van der Waals surface area contributed by atoms with Crippen LogP contribution >= 0.6 is 0 Å². The van der Waals surface area contributed by atoms with Gasteiger partial charge in [-0.05, 0) is 49.6 Å². The van der Waals surface area contributed by atoms with Gasteiger partial charge >= 0.3 is 0 Å². The summed E-state index contributed by atoms with van der Waals surface area (Å²) in [5.41, 5.74) is 1.59. The second-order valence-corrected chi connectivity index (χ2v) is 8.24. The van der Waals surface area contributed by atoms with Crippen molar-refractivity contribution in [1.29, 1.82) is 0 Å². The van der Waals surface area contributed by atoms with E-state index >= 15 is 0 Å². The minimum absolute atomic E-state index is 0.0415. The molecule has 0 saturated carbocycles. The minimum Gasteiger partial charge on any atom is -0.493 e. The number of hydrogen-bond donors (Lipinski definition) is 1. The number of ether oxygens (including phenoxy) is 1. The molecule has 156 valence electrons. The summed E-state index contributed by atoms with van der Waals surface area (Å²) < 4.78 is 11.7. The van der Waals surface area contributed by atoms with Crippen LogP contribution in [0, 0.1) is 5.92 Å². The Morgan fingerprint density at radius 3 is 2.60 bits per heavy atom. The van der Waals surface area contributed by atoms with Gasteiger partial charge < -0.3 is 19.4 Å². The van der Waals surface area contributed by atoms with Crippen LogP contribution in [0.15, 0.2) is 71.3 Å². The lowest BCUT2D eigenvalue weighted by Gasteiger charge is -2.46. The third kappa shape index (κ3) is 3.80. The van der Waals surface area contributed by atoms with Gasteiger partial charge in [-0.1, -0.05) is 44.2 Å². The summed E-state index contributed by atoms with van der Waals surface area (Å²) in [6.07, 6.45) is 2.60. The van der Waals surface area contributed by atoms with Crippen molar-refractivity contribution >= 4 is 11.6 Å². The van der Waals surface area contributed by atoms with E-state index in [1.165, 1.54) is 0 Å². The lowest BCUT2D eigenvalue weighted by Crippen LogP contribution is -2.55. The molecule has 30 heavy (non-hydrogen) atoms. The number of nitrogens with one attached hydrogen (secondary N) is 1. The Morgan fingerprint density at radius 1 is 1.07 bits per heavy atom. The molecule has 0 fully saturated rings. The van der Waals surface area contributed by atoms with Crippen molar-refractivity contribution in [1.82, 2.24) is 4.90 Å². The van der Waals surface area contributed by atoms with Crippen LogP contribution in [0.25, 0.3) is 0 Å². The SMILES string of the molecule is CC(C)CCOc1ccccc1C1(C)Nc2ccccc2C(=O)N1Cc1ccco1. The highest BCUT2D eigenvalue weighted by Crippen LogP contribution is 2.42. The summed E-state index contributed by atoms with van der Waals surface area (Å²) >= 11 is 0. The first kappa shape index (κ1) is 20.1. The number of carbonyl (C=O) groups is 1. The maximum absolute atomic E-state index is 13.6. The molecule has 2 aromatic carbocycles. The van der Waals surface area contributed by atoms with Crippen LogP contribution < -0.4 is 10.1 Å².